The summed E-state index contributed by atoms with van der Waals surface area (Å²) in [6.45, 7) is 4.39. The highest BCUT2D eigenvalue weighted by Crippen LogP contribution is 2.40. The van der Waals surface area contributed by atoms with Gasteiger partial charge in [-0.3, -0.25) is 9.36 Å². The van der Waals surface area contributed by atoms with Gasteiger partial charge < -0.3 is 14.2 Å². The molecule has 1 aliphatic carbocycles. The lowest BCUT2D eigenvalue weighted by atomic mass is 10.1. The standard InChI is InChI=1S/C23H23N3O4S/c1-5-10-26-22(14-6-8-16(28-2)9-7-14)24-25-23(26)31-20-12-15-11-18(29-3)19(30-4)13-17(15)21(20)27/h5-9,11,13,20H,1,10,12H2,2-4H3. The molecule has 0 saturated carbocycles. The minimum atomic E-state index is -0.289. The average molecular weight is 438 g/mol. The summed E-state index contributed by atoms with van der Waals surface area (Å²) in [7, 11) is 4.78. The van der Waals surface area contributed by atoms with Crippen molar-refractivity contribution in [3.05, 3.63) is 60.2 Å². The molecule has 8 heteroatoms. The highest BCUT2D eigenvalue weighted by Gasteiger charge is 2.34. The molecule has 1 atom stereocenters. The molecule has 31 heavy (non-hydrogen) atoms. The number of aromatic nitrogens is 3. The van der Waals surface area contributed by atoms with Crippen LogP contribution in [0.1, 0.15) is 15.9 Å². The van der Waals surface area contributed by atoms with Crippen LogP contribution in [0.25, 0.3) is 11.4 Å². The highest BCUT2D eigenvalue weighted by molar-refractivity contribution is 8.00. The number of benzene rings is 2. The van der Waals surface area contributed by atoms with E-state index in [4.69, 9.17) is 14.2 Å². The van der Waals surface area contributed by atoms with E-state index in [0.29, 0.717) is 35.2 Å². The summed E-state index contributed by atoms with van der Waals surface area (Å²) in [4.78, 5) is 13.1. The summed E-state index contributed by atoms with van der Waals surface area (Å²) < 4.78 is 17.9. The first-order chi connectivity index (χ1) is 15.1. The third-order valence-corrected chi connectivity index (χ3v) is 6.38. The minimum absolute atomic E-state index is 0.0557. The van der Waals surface area contributed by atoms with Gasteiger partial charge in [0.15, 0.2) is 28.3 Å². The average Bonchev–Trinajstić information content (AvgIpc) is 3.33. The smallest absolute Gasteiger partial charge is 0.192 e. The number of carbonyl (C=O) groups excluding carboxylic acids is 1. The minimum Gasteiger partial charge on any atom is -0.497 e. The Morgan fingerprint density at radius 2 is 1.81 bits per heavy atom. The molecular formula is C23H23N3O4S. The third kappa shape index (κ3) is 3.90. The molecule has 0 bridgehead atoms. The van der Waals surface area contributed by atoms with Crippen molar-refractivity contribution in [1.82, 2.24) is 14.8 Å². The third-order valence-electron chi connectivity index (χ3n) is 5.20. The predicted molar refractivity (Wildman–Crippen MR) is 119 cm³/mol. The van der Waals surface area contributed by atoms with Crippen molar-refractivity contribution in [2.75, 3.05) is 21.3 Å². The van der Waals surface area contributed by atoms with Crippen molar-refractivity contribution >= 4 is 17.5 Å². The normalized spacial score (nSPS) is 14.9. The molecule has 0 fully saturated rings. The fourth-order valence-corrected chi connectivity index (χ4v) is 4.76. The van der Waals surface area contributed by atoms with Crippen LogP contribution in [-0.4, -0.2) is 47.1 Å². The van der Waals surface area contributed by atoms with Crippen LogP contribution in [-0.2, 0) is 13.0 Å². The number of nitrogens with zero attached hydrogens (tertiary/aromatic N) is 3. The monoisotopic (exact) mass is 437 g/mol. The summed E-state index contributed by atoms with van der Waals surface area (Å²) in [6.07, 6.45) is 2.39. The number of Topliss-reactive ketones (excluding diaryl/α,β-unsaturated/α-hetero) is 1. The van der Waals surface area contributed by atoms with Crippen LogP contribution < -0.4 is 14.2 Å². The van der Waals surface area contributed by atoms with Crippen LogP contribution in [0.5, 0.6) is 17.2 Å². The van der Waals surface area contributed by atoms with Gasteiger partial charge in [-0.05, 0) is 48.4 Å². The summed E-state index contributed by atoms with van der Waals surface area (Å²) in [5, 5.41) is 9.15. The van der Waals surface area contributed by atoms with Crippen molar-refractivity contribution in [3.8, 4) is 28.6 Å². The number of carbonyl (C=O) groups is 1. The number of methoxy groups -OCH3 is 3. The quantitative estimate of drug-likeness (QED) is 0.492. The number of rotatable bonds is 8. The summed E-state index contributed by atoms with van der Waals surface area (Å²) in [5.74, 6) is 2.72. The van der Waals surface area contributed by atoms with Crippen LogP contribution in [0, 0.1) is 0 Å². The number of ketones is 1. The zero-order valence-electron chi connectivity index (χ0n) is 17.6. The molecule has 0 N–H and O–H groups in total. The molecule has 160 valence electrons. The van der Waals surface area contributed by atoms with Crippen LogP contribution in [0.4, 0.5) is 0 Å². The second-order valence-corrected chi connectivity index (χ2v) is 8.14. The summed E-state index contributed by atoms with van der Waals surface area (Å²) in [6, 6.07) is 11.3. The molecule has 0 spiro atoms. The first-order valence-corrected chi connectivity index (χ1v) is 10.6. The maximum absolute atomic E-state index is 13.1. The SMILES string of the molecule is C=CCn1c(SC2Cc3cc(OC)c(OC)cc3C2=O)nnc1-c1ccc(OC)cc1. The molecule has 4 rings (SSSR count). The molecule has 0 radical (unpaired) electrons. The second-order valence-electron chi connectivity index (χ2n) is 6.97. The lowest BCUT2D eigenvalue weighted by molar-refractivity contribution is 0.1000. The van der Waals surface area contributed by atoms with Gasteiger partial charge in [-0.15, -0.1) is 16.8 Å². The maximum atomic E-state index is 13.1. The first-order valence-electron chi connectivity index (χ1n) is 9.73. The molecule has 3 aromatic rings. The van der Waals surface area contributed by atoms with E-state index in [1.54, 1.807) is 33.5 Å². The Bertz CT molecular complexity index is 1120. The van der Waals surface area contributed by atoms with Crippen molar-refractivity contribution in [3.63, 3.8) is 0 Å². The van der Waals surface area contributed by atoms with E-state index in [2.05, 4.69) is 16.8 Å². The number of thioether (sulfide) groups is 1. The van der Waals surface area contributed by atoms with Gasteiger partial charge in [-0.1, -0.05) is 17.8 Å². The first kappa shape index (κ1) is 21.0. The molecule has 1 heterocycles. The molecule has 1 unspecified atom stereocenters. The van der Waals surface area contributed by atoms with Gasteiger partial charge in [0.1, 0.15) is 5.75 Å². The fraction of sp³-hybridized carbons (Fsp3) is 0.261. The number of fused-ring (bicyclic) bond motifs is 1. The summed E-state index contributed by atoms with van der Waals surface area (Å²) >= 11 is 1.42. The van der Waals surface area contributed by atoms with E-state index in [1.807, 2.05) is 34.9 Å². The lowest BCUT2D eigenvalue weighted by Crippen LogP contribution is -2.13. The molecular weight excluding hydrogens is 414 g/mol. The number of allylic oxidation sites excluding steroid dienone is 1. The van der Waals surface area contributed by atoms with E-state index in [-0.39, 0.29) is 11.0 Å². The molecule has 2 aromatic carbocycles. The van der Waals surface area contributed by atoms with Crippen LogP contribution in [0.2, 0.25) is 0 Å². The van der Waals surface area contributed by atoms with Gasteiger partial charge >= 0.3 is 0 Å². The van der Waals surface area contributed by atoms with Gasteiger partial charge in [0.25, 0.3) is 0 Å². The predicted octanol–water partition coefficient (Wildman–Crippen LogP) is 4.06. The van der Waals surface area contributed by atoms with Crippen LogP contribution in [0.15, 0.2) is 54.2 Å². The largest absolute Gasteiger partial charge is 0.497 e. The van der Waals surface area contributed by atoms with Gasteiger partial charge in [-0.2, -0.15) is 0 Å². The zero-order chi connectivity index (χ0) is 22.0. The number of hydrogen-bond acceptors (Lipinski definition) is 7. The van der Waals surface area contributed by atoms with E-state index in [9.17, 15) is 4.79 Å². The molecule has 0 saturated heterocycles. The van der Waals surface area contributed by atoms with E-state index >= 15 is 0 Å². The Morgan fingerprint density at radius 3 is 2.45 bits per heavy atom. The van der Waals surface area contributed by atoms with Crippen LogP contribution >= 0.6 is 11.8 Å². The van der Waals surface area contributed by atoms with Crippen molar-refractivity contribution in [2.24, 2.45) is 0 Å². The van der Waals surface area contributed by atoms with E-state index in [0.717, 1.165) is 22.7 Å². The molecule has 1 aliphatic rings. The van der Waals surface area contributed by atoms with E-state index < -0.39 is 0 Å². The number of ether oxygens (including phenoxy) is 3. The Hall–Kier alpha value is -3.26. The summed E-state index contributed by atoms with van der Waals surface area (Å²) in [5.41, 5.74) is 2.53. The fourth-order valence-electron chi connectivity index (χ4n) is 3.63. The molecule has 0 amide bonds. The van der Waals surface area contributed by atoms with E-state index in [1.165, 1.54) is 11.8 Å². The van der Waals surface area contributed by atoms with Crippen LogP contribution in [0.3, 0.4) is 0 Å². The molecule has 1 aromatic heterocycles. The van der Waals surface area contributed by atoms with Crippen molar-refractivity contribution < 1.29 is 19.0 Å². The highest BCUT2D eigenvalue weighted by atomic mass is 32.2. The van der Waals surface area contributed by atoms with Gasteiger partial charge in [0.2, 0.25) is 0 Å². The molecule has 7 nitrogen and oxygen atoms in total. The zero-order valence-corrected chi connectivity index (χ0v) is 18.4. The second kappa shape index (κ2) is 8.85. The van der Waals surface area contributed by atoms with Gasteiger partial charge in [-0.25, -0.2) is 0 Å². The van der Waals surface area contributed by atoms with Crippen molar-refractivity contribution in [1.29, 1.82) is 0 Å². The van der Waals surface area contributed by atoms with Crippen molar-refractivity contribution in [2.45, 2.75) is 23.4 Å². The Balaban J connectivity index is 1.62. The Kier molecular flexibility index (Phi) is 5.99. The molecule has 0 aliphatic heterocycles. The topological polar surface area (TPSA) is 75.5 Å². The lowest BCUT2D eigenvalue weighted by Gasteiger charge is -2.10. The van der Waals surface area contributed by atoms with Gasteiger partial charge in [0.05, 0.1) is 26.6 Å². The maximum Gasteiger partial charge on any atom is 0.192 e. The van der Waals surface area contributed by atoms with Gasteiger partial charge in [0, 0.05) is 17.7 Å². The Labute approximate surface area is 185 Å². The Morgan fingerprint density at radius 1 is 1.10 bits per heavy atom. The number of hydrogen-bond donors (Lipinski definition) is 0.